The lowest BCUT2D eigenvalue weighted by Crippen LogP contribution is -2.47. The first-order chi connectivity index (χ1) is 26.7. The zero-order valence-electron chi connectivity index (χ0n) is 38.9. The topological polar surface area (TPSA) is 89.5 Å². The molecule has 0 bridgehead atoms. The molecule has 0 saturated carbocycles. The van der Waals surface area contributed by atoms with Gasteiger partial charge in [0.05, 0.1) is 6.61 Å². The Morgan fingerprint density at radius 1 is 0.772 bits per heavy atom. The van der Waals surface area contributed by atoms with Crippen LogP contribution in [0.1, 0.15) is 186 Å². The number of carbonyl (C=O) groups is 4. The number of ether oxygens (including phenoxy) is 1. The molecule has 6 nitrogen and oxygen atoms in total. The van der Waals surface area contributed by atoms with Gasteiger partial charge in [-0.3, -0.25) is 19.2 Å². The largest absolute Gasteiger partial charge is 0.465 e. The summed E-state index contributed by atoms with van der Waals surface area (Å²) in [6, 6.07) is -0.668. The van der Waals surface area contributed by atoms with Gasteiger partial charge in [0.2, 0.25) is 0 Å². The van der Waals surface area contributed by atoms with Gasteiger partial charge < -0.3 is 10.1 Å². The van der Waals surface area contributed by atoms with Gasteiger partial charge in [-0.1, -0.05) is 151 Å². The fourth-order valence-corrected chi connectivity index (χ4v) is 11.3. The number of esters is 1. The van der Waals surface area contributed by atoms with Crippen LogP contribution in [0, 0.1) is 34.5 Å². The van der Waals surface area contributed by atoms with Crippen molar-refractivity contribution in [3.8, 4) is 0 Å². The van der Waals surface area contributed by atoms with Crippen LogP contribution in [0.5, 0.6) is 0 Å². The van der Waals surface area contributed by atoms with Gasteiger partial charge in [-0.25, -0.2) is 0 Å². The minimum atomic E-state index is -0.519. The summed E-state index contributed by atoms with van der Waals surface area (Å²) in [5.41, 5.74) is -0.101. The van der Waals surface area contributed by atoms with E-state index >= 15 is 0 Å². The highest BCUT2D eigenvalue weighted by Gasteiger charge is 2.41. The first kappa shape index (κ1) is 53.6. The van der Waals surface area contributed by atoms with Crippen molar-refractivity contribution in [2.75, 3.05) is 18.1 Å². The summed E-state index contributed by atoms with van der Waals surface area (Å²) >= 11 is 3.59. The van der Waals surface area contributed by atoms with E-state index in [1.54, 1.807) is 25.6 Å². The molecule has 2 rings (SSSR count). The van der Waals surface area contributed by atoms with Crippen molar-refractivity contribution in [3.63, 3.8) is 0 Å². The number of allylic oxidation sites excluding steroid dienone is 4. The van der Waals surface area contributed by atoms with E-state index in [-0.39, 0.29) is 62.3 Å². The lowest BCUT2D eigenvalue weighted by atomic mass is 9.64. The van der Waals surface area contributed by atoms with Gasteiger partial charge in [-0.05, 0) is 68.5 Å². The number of hydrogen-bond acceptors (Lipinski definition) is 8. The third-order valence-electron chi connectivity index (χ3n) is 11.9. The number of carbonyl (C=O) groups excluding carboxylic acids is 4. The molecule has 0 amide bonds. The Morgan fingerprint density at radius 2 is 1.25 bits per heavy atom. The summed E-state index contributed by atoms with van der Waals surface area (Å²) in [6.45, 7) is 27.4. The van der Waals surface area contributed by atoms with E-state index in [0.717, 1.165) is 12.8 Å². The molecular weight excluding hydrogens is 747 g/mol. The van der Waals surface area contributed by atoms with Gasteiger partial charge in [-0.2, -0.15) is 23.5 Å². The molecule has 7 unspecified atom stereocenters. The van der Waals surface area contributed by atoms with Crippen molar-refractivity contribution in [1.29, 1.82) is 0 Å². The fraction of sp³-hybridized carbons (Fsp3) is 0.837. The summed E-state index contributed by atoms with van der Waals surface area (Å²) in [5, 5.41) is 3.47. The van der Waals surface area contributed by atoms with E-state index in [1.807, 2.05) is 18.7 Å². The van der Waals surface area contributed by atoms with Crippen LogP contribution >= 0.6 is 23.5 Å². The highest BCUT2D eigenvalue weighted by Crippen LogP contribution is 2.43. The lowest BCUT2D eigenvalue weighted by Gasteiger charge is -2.39. The molecule has 0 radical (unpaired) electrons. The molecule has 1 N–H and O–H groups in total. The van der Waals surface area contributed by atoms with Crippen molar-refractivity contribution in [3.05, 3.63) is 24.3 Å². The molecule has 8 heteroatoms. The minimum absolute atomic E-state index is 0.0202. The second-order valence-electron chi connectivity index (χ2n) is 19.4. The summed E-state index contributed by atoms with van der Waals surface area (Å²) in [6.07, 6.45) is 26.0. The third kappa shape index (κ3) is 21.6. The van der Waals surface area contributed by atoms with Crippen LogP contribution in [0.2, 0.25) is 0 Å². The second kappa shape index (κ2) is 27.5. The number of rotatable bonds is 27. The predicted octanol–water partition coefficient (Wildman–Crippen LogP) is 12.8. The molecule has 57 heavy (non-hydrogen) atoms. The van der Waals surface area contributed by atoms with Gasteiger partial charge in [0.25, 0.3) is 0 Å². The third-order valence-corrected chi connectivity index (χ3v) is 14.5. The number of nitrogens with one attached hydrogen (secondary N) is 1. The first-order valence-electron chi connectivity index (χ1n) is 22.7. The first-order valence-corrected chi connectivity index (χ1v) is 24.8. The Balaban J connectivity index is 0.000000688. The summed E-state index contributed by atoms with van der Waals surface area (Å²) in [7, 11) is 0. The SMILES string of the molecule is CCCCCCCCCCCCSC(C)(C)CC(C)=O.CCOC(=O)C(CSC(C)CC(=O)C1C(C)C=CCC1(C)C)NC(C)CC(=O)C1C(C)C=CCC1(C)C. The van der Waals surface area contributed by atoms with Gasteiger partial charge in [0.1, 0.15) is 23.4 Å². The Morgan fingerprint density at radius 3 is 1.70 bits per heavy atom. The van der Waals surface area contributed by atoms with E-state index in [4.69, 9.17) is 4.74 Å². The quantitative estimate of drug-likeness (QED) is 0.0497. The second-order valence-corrected chi connectivity index (χ2v) is 22.7. The average Bonchev–Trinajstić information content (AvgIpc) is 3.07. The number of hydrogen-bond donors (Lipinski definition) is 1. The standard InChI is InChI=1S/C31H51NO4S.C18H36OS/c1-10-36-29(35)24(32-22(4)17-25(33)27-20(2)13-11-15-30(27,6)7)19-37-23(5)18-26(34)28-21(3)14-12-16-31(28,8)9;1-5-6-7-8-9-10-11-12-13-14-15-20-18(3,4)16-17(2)19/h11-14,20-24,27-28,32H,10,15-19H2,1-9H3;5-16H2,1-4H3. The molecule has 0 aromatic carbocycles. The van der Waals surface area contributed by atoms with Crippen molar-refractivity contribution in [2.24, 2.45) is 34.5 Å². The molecule has 0 fully saturated rings. The van der Waals surface area contributed by atoms with E-state index in [2.05, 4.69) is 98.9 Å². The van der Waals surface area contributed by atoms with Crippen LogP contribution < -0.4 is 5.32 Å². The zero-order valence-corrected chi connectivity index (χ0v) is 40.6. The van der Waals surface area contributed by atoms with Crippen LogP contribution in [0.4, 0.5) is 0 Å². The van der Waals surface area contributed by atoms with E-state index < -0.39 is 6.04 Å². The molecule has 0 heterocycles. The van der Waals surface area contributed by atoms with Crippen molar-refractivity contribution in [1.82, 2.24) is 5.32 Å². The maximum Gasteiger partial charge on any atom is 0.323 e. The van der Waals surface area contributed by atoms with Crippen LogP contribution in [-0.4, -0.2) is 63.5 Å². The van der Waals surface area contributed by atoms with Crippen molar-refractivity contribution in [2.45, 2.75) is 208 Å². The molecule has 7 atom stereocenters. The average molecular weight is 834 g/mol. The van der Waals surface area contributed by atoms with Crippen molar-refractivity contribution >= 4 is 46.8 Å². The van der Waals surface area contributed by atoms with Gasteiger partial charge >= 0.3 is 5.97 Å². The summed E-state index contributed by atoms with van der Waals surface area (Å²) < 4.78 is 5.47. The van der Waals surface area contributed by atoms with Crippen LogP contribution in [-0.2, 0) is 23.9 Å². The van der Waals surface area contributed by atoms with E-state index in [1.165, 1.54) is 70.0 Å². The molecule has 0 aliphatic heterocycles. The van der Waals surface area contributed by atoms with Crippen LogP contribution in [0.15, 0.2) is 24.3 Å². The van der Waals surface area contributed by atoms with Crippen LogP contribution in [0.25, 0.3) is 0 Å². The normalized spacial score (nSPS) is 22.8. The van der Waals surface area contributed by atoms with Gasteiger partial charge in [-0.15, -0.1) is 0 Å². The number of ketones is 3. The van der Waals surface area contributed by atoms with Gasteiger partial charge in [0, 0.05) is 52.9 Å². The molecular formula is C49H87NO5S2. The number of unbranched alkanes of at least 4 members (excludes halogenated alkanes) is 9. The maximum atomic E-state index is 13.3. The number of thioether (sulfide) groups is 2. The predicted molar refractivity (Wildman–Crippen MR) is 248 cm³/mol. The Kier molecular flexibility index (Phi) is 25.8. The highest BCUT2D eigenvalue weighted by molar-refractivity contribution is 8.00. The Labute approximate surface area is 359 Å². The van der Waals surface area contributed by atoms with E-state index in [9.17, 15) is 19.2 Å². The maximum absolute atomic E-state index is 13.3. The fourth-order valence-electron chi connectivity index (χ4n) is 9.11. The molecule has 2 aliphatic carbocycles. The Hall–Kier alpha value is -1.38. The molecule has 0 aromatic heterocycles. The monoisotopic (exact) mass is 834 g/mol. The van der Waals surface area contributed by atoms with E-state index in [0.29, 0.717) is 43.2 Å². The highest BCUT2D eigenvalue weighted by atomic mass is 32.2. The molecule has 0 aromatic rings. The molecule has 0 saturated heterocycles. The summed E-state index contributed by atoms with van der Waals surface area (Å²) in [4.78, 5) is 50.5. The lowest BCUT2D eigenvalue weighted by molar-refractivity contribution is -0.145. The summed E-state index contributed by atoms with van der Waals surface area (Å²) in [5.74, 6) is 2.73. The van der Waals surface area contributed by atoms with Crippen LogP contribution in [0.3, 0.4) is 0 Å². The minimum Gasteiger partial charge on any atom is -0.465 e. The molecule has 0 spiro atoms. The molecule has 2 aliphatic rings. The molecule has 330 valence electrons. The zero-order chi connectivity index (χ0) is 43.2. The Bertz CT molecular complexity index is 1260. The number of Topliss-reactive ketones (excluding diaryl/α,β-unsaturated/α-hetero) is 3. The van der Waals surface area contributed by atoms with Gasteiger partial charge in [0.15, 0.2) is 0 Å². The smallest absolute Gasteiger partial charge is 0.323 e. The van der Waals surface area contributed by atoms with Crippen molar-refractivity contribution < 1.29 is 23.9 Å².